The fraction of sp³-hybridized carbons (Fsp3) is 0.778. The minimum atomic E-state index is -3.35. The summed E-state index contributed by atoms with van der Waals surface area (Å²) in [5.41, 5.74) is 6.41. The molecule has 4 atom stereocenters. The molecule has 0 spiro atoms. The third kappa shape index (κ3) is 6.26. The summed E-state index contributed by atoms with van der Waals surface area (Å²) in [7, 11) is -3.35. The zero-order chi connectivity index (χ0) is 20.9. The number of nitrogens with two attached hydrogens (primary N) is 1. The highest BCUT2D eigenvalue weighted by Gasteiger charge is 2.38. The van der Waals surface area contributed by atoms with Crippen molar-refractivity contribution in [2.45, 2.75) is 70.1 Å². The van der Waals surface area contributed by atoms with Gasteiger partial charge in [-0.3, -0.25) is 9.69 Å². The van der Waals surface area contributed by atoms with E-state index in [-0.39, 0.29) is 35.7 Å². The normalized spacial score (nSPS) is 29.2. The smallest absolute Gasteiger partial charge is 0.331 e. The van der Waals surface area contributed by atoms with Crippen molar-refractivity contribution in [3.05, 3.63) is 11.6 Å². The molecule has 1 saturated heterocycles. The molecule has 0 radical (unpaired) electrons. The van der Waals surface area contributed by atoms with Crippen LogP contribution in [0.1, 0.15) is 46.0 Å². The van der Waals surface area contributed by atoms with Crippen molar-refractivity contribution < 1.29 is 23.1 Å². The molecular weight excluding hydrogens is 384 g/mol. The van der Waals surface area contributed by atoms with E-state index in [0.717, 1.165) is 19.3 Å². The lowest BCUT2D eigenvalue weighted by Crippen LogP contribution is -2.63. The second kappa shape index (κ2) is 9.82. The third-order valence-corrected chi connectivity index (χ3v) is 6.81. The van der Waals surface area contributed by atoms with Crippen LogP contribution in [0.25, 0.3) is 0 Å². The maximum atomic E-state index is 12.2. The molecule has 2 rings (SSSR count). The number of carboxylic acids is 1. The Kier molecular flexibility index (Phi) is 7.99. The van der Waals surface area contributed by atoms with Crippen LogP contribution in [-0.4, -0.2) is 73.3 Å². The van der Waals surface area contributed by atoms with Gasteiger partial charge in [-0.1, -0.05) is 19.4 Å². The molecule has 160 valence electrons. The van der Waals surface area contributed by atoms with Crippen molar-refractivity contribution in [2.75, 3.05) is 18.8 Å². The van der Waals surface area contributed by atoms with Gasteiger partial charge in [0.1, 0.15) is 0 Å². The predicted molar refractivity (Wildman–Crippen MR) is 106 cm³/mol. The molecule has 0 unspecified atom stereocenters. The molecule has 1 heterocycles. The number of carbonyl (C=O) groups is 2. The summed E-state index contributed by atoms with van der Waals surface area (Å²) in [5.74, 6) is -1.15. The first-order valence-corrected chi connectivity index (χ1v) is 11.5. The number of likely N-dealkylation sites (tertiary alicyclic amines) is 1. The highest BCUT2D eigenvalue weighted by molar-refractivity contribution is 7.89. The maximum absolute atomic E-state index is 12.2. The van der Waals surface area contributed by atoms with E-state index < -0.39 is 28.1 Å². The van der Waals surface area contributed by atoms with E-state index in [4.69, 9.17) is 5.73 Å². The molecule has 5 N–H and O–H groups in total. The summed E-state index contributed by atoms with van der Waals surface area (Å²) in [6.07, 6.45) is 4.74. The number of piperidine rings is 1. The minimum absolute atomic E-state index is 0.103. The summed E-state index contributed by atoms with van der Waals surface area (Å²) in [4.78, 5) is 25.2. The van der Waals surface area contributed by atoms with Crippen molar-refractivity contribution in [2.24, 2.45) is 5.73 Å². The van der Waals surface area contributed by atoms with Crippen molar-refractivity contribution in [3.63, 3.8) is 0 Å². The quantitative estimate of drug-likeness (QED) is 0.429. The summed E-state index contributed by atoms with van der Waals surface area (Å²) in [6.45, 7) is 4.48. The number of carboxylic acid groups (broad SMARTS) is 1. The van der Waals surface area contributed by atoms with Gasteiger partial charge < -0.3 is 16.2 Å². The van der Waals surface area contributed by atoms with Crippen molar-refractivity contribution in [1.82, 2.24) is 14.9 Å². The Morgan fingerprint density at radius 2 is 2.11 bits per heavy atom. The summed E-state index contributed by atoms with van der Waals surface area (Å²) in [5, 5.41) is 12.3. The van der Waals surface area contributed by atoms with Gasteiger partial charge >= 0.3 is 5.97 Å². The molecule has 1 aliphatic heterocycles. The lowest BCUT2D eigenvalue weighted by molar-refractivity contribution is -0.133. The van der Waals surface area contributed by atoms with E-state index in [2.05, 4.69) is 10.0 Å². The molecule has 0 bridgehead atoms. The Morgan fingerprint density at radius 3 is 2.71 bits per heavy atom. The van der Waals surface area contributed by atoms with E-state index in [1.165, 1.54) is 6.92 Å². The van der Waals surface area contributed by atoms with Crippen molar-refractivity contribution in [1.29, 1.82) is 0 Å². The van der Waals surface area contributed by atoms with Crippen LogP contribution >= 0.6 is 0 Å². The Labute approximate surface area is 166 Å². The van der Waals surface area contributed by atoms with Gasteiger partial charge in [0, 0.05) is 31.1 Å². The number of nitrogens with zero attached hydrogens (tertiary/aromatic N) is 1. The number of sulfonamides is 1. The highest BCUT2D eigenvalue weighted by Crippen LogP contribution is 2.25. The minimum Gasteiger partial charge on any atom is -0.478 e. The van der Waals surface area contributed by atoms with Crippen LogP contribution in [0.4, 0.5) is 0 Å². The number of hydrogen-bond donors (Lipinski definition) is 4. The number of hydrogen-bond acceptors (Lipinski definition) is 6. The van der Waals surface area contributed by atoms with Crippen LogP contribution < -0.4 is 15.8 Å². The second-order valence-electron chi connectivity index (χ2n) is 7.71. The zero-order valence-corrected chi connectivity index (χ0v) is 17.4. The first-order chi connectivity index (χ1) is 13.1. The largest absolute Gasteiger partial charge is 0.478 e. The highest BCUT2D eigenvalue weighted by atomic mass is 32.2. The predicted octanol–water partition coefficient (Wildman–Crippen LogP) is -0.214. The number of nitrogens with one attached hydrogen (secondary N) is 2. The van der Waals surface area contributed by atoms with E-state index in [1.807, 2.05) is 11.8 Å². The fourth-order valence-electron chi connectivity index (χ4n) is 3.95. The molecular formula is C18H32N4O5S. The number of unbranched alkanes of at least 4 members (excludes halogenated alkanes) is 1. The van der Waals surface area contributed by atoms with Gasteiger partial charge in [0.05, 0.1) is 17.8 Å². The van der Waals surface area contributed by atoms with Gasteiger partial charge in [-0.05, 0) is 32.2 Å². The van der Waals surface area contributed by atoms with Gasteiger partial charge in [-0.25, -0.2) is 17.9 Å². The van der Waals surface area contributed by atoms with Gasteiger partial charge in [0.25, 0.3) is 0 Å². The van der Waals surface area contributed by atoms with Gasteiger partial charge in [-0.15, -0.1) is 0 Å². The molecule has 9 nitrogen and oxygen atoms in total. The molecule has 0 aromatic carbocycles. The molecule has 0 aromatic rings. The maximum Gasteiger partial charge on any atom is 0.331 e. The first-order valence-electron chi connectivity index (χ1n) is 9.83. The molecule has 2 aliphatic rings. The Balaban J connectivity index is 2.17. The summed E-state index contributed by atoms with van der Waals surface area (Å²) in [6, 6.07) is -1.57. The van der Waals surface area contributed by atoms with Gasteiger partial charge in [0.2, 0.25) is 15.9 Å². The van der Waals surface area contributed by atoms with E-state index in [0.29, 0.717) is 19.5 Å². The Bertz CT molecular complexity index is 709. The summed E-state index contributed by atoms with van der Waals surface area (Å²) < 4.78 is 27.3. The van der Waals surface area contributed by atoms with E-state index in [1.54, 1.807) is 6.08 Å². The van der Waals surface area contributed by atoms with E-state index in [9.17, 15) is 23.1 Å². The third-order valence-electron chi connectivity index (χ3n) is 5.29. The molecule has 1 fully saturated rings. The zero-order valence-electron chi connectivity index (χ0n) is 16.6. The topological polar surface area (TPSA) is 142 Å². The lowest BCUT2D eigenvalue weighted by atomic mass is 9.85. The second-order valence-corrected chi connectivity index (χ2v) is 9.58. The van der Waals surface area contributed by atoms with Crippen LogP contribution in [0.3, 0.4) is 0 Å². The molecule has 1 aliphatic carbocycles. The fourth-order valence-corrected chi connectivity index (χ4v) is 5.44. The lowest BCUT2D eigenvalue weighted by Gasteiger charge is -2.44. The van der Waals surface area contributed by atoms with Gasteiger partial charge in [0.15, 0.2) is 0 Å². The molecule has 0 saturated carbocycles. The molecule has 28 heavy (non-hydrogen) atoms. The average Bonchev–Trinajstić information content (AvgIpc) is 2.61. The SMILES string of the molecule is CCCCS(=O)(=O)N[C@@H]1CCCN([C@@H]2C=C(C(=O)O)C[C@H](N)[C@H]2NC(C)=O)C1. The monoisotopic (exact) mass is 416 g/mol. The standard InChI is InChI=1S/C18H32N4O5S/c1-3-4-8-28(26,27)21-14-6-5-7-22(11-14)16-10-13(18(24)25)9-15(19)17(16)20-12(2)23/h10,14-17,21H,3-9,11,19H2,1-2H3,(H,20,23)(H,24,25)/t14-,15+,16-,17-/m1/s1. The number of rotatable bonds is 8. The number of aliphatic carboxylic acids is 1. The molecule has 10 heteroatoms. The first kappa shape index (κ1) is 22.8. The molecule has 0 aromatic heterocycles. The van der Waals surface area contributed by atoms with Crippen LogP contribution in [0.15, 0.2) is 11.6 Å². The van der Waals surface area contributed by atoms with Crippen LogP contribution in [0.2, 0.25) is 0 Å². The number of carbonyl (C=O) groups excluding carboxylic acids is 1. The Morgan fingerprint density at radius 1 is 1.39 bits per heavy atom. The average molecular weight is 417 g/mol. The van der Waals surface area contributed by atoms with Crippen LogP contribution in [-0.2, 0) is 19.6 Å². The summed E-state index contributed by atoms with van der Waals surface area (Å²) >= 11 is 0. The van der Waals surface area contributed by atoms with Crippen molar-refractivity contribution >= 4 is 21.9 Å². The molecule has 1 amide bonds. The Hall–Kier alpha value is -1.49. The van der Waals surface area contributed by atoms with Crippen molar-refractivity contribution in [3.8, 4) is 0 Å². The van der Waals surface area contributed by atoms with Crippen LogP contribution in [0.5, 0.6) is 0 Å². The number of amides is 1. The van der Waals surface area contributed by atoms with Gasteiger partial charge in [-0.2, -0.15) is 0 Å². The van der Waals surface area contributed by atoms with E-state index >= 15 is 0 Å². The van der Waals surface area contributed by atoms with Crippen LogP contribution in [0, 0.1) is 0 Å².